The van der Waals surface area contributed by atoms with Crippen molar-refractivity contribution in [3.63, 3.8) is 0 Å². The molecule has 0 saturated carbocycles. The van der Waals surface area contributed by atoms with E-state index in [1.165, 1.54) is 11.8 Å². The van der Waals surface area contributed by atoms with Gasteiger partial charge in [0.15, 0.2) is 5.17 Å². The van der Waals surface area contributed by atoms with E-state index in [0.29, 0.717) is 15.8 Å². The summed E-state index contributed by atoms with van der Waals surface area (Å²) >= 11 is 1.32. The van der Waals surface area contributed by atoms with E-state index in [0.717, 1.165) is 17.7 Å². The molecular weight excluding hydrogens is 284 g/mol. The van der Waals surface area contributed by atoms with E-state index in [2.05, 4.69) is 17.2 Å². The van der Waals surface area contributed by atoms with Crippen LogP contribution in [0.1, 0.15) is 18.2 Å². The summed E-state index contributed by atoms with van der Waals surface area (Å²) in [4.78, 5) is 17.0. The molecule has 5 heteroatoms. The molecule has 1 aliphatic rings. The van der Waals surface area contributed by atoms with Crippen molar-refractivity contribution in [2.24, 2.45) is 4.99 Å². The standard InChI is InChI=1S/C16H14N2O2S/c1-2-11-6-3-4-8-13(11)17-16-18-15(19)14(21-16)10-12-7-5-9-20-12/h3-10H,2H2,1H3,(H,17,18,19)/b14-10+. The van der Waals surface area contributed by atoms with E-state index in [1.54, 1.807) is 18.4 Å². The van der Waals surface area contributed by atoms with E-state index >= 15 is 0 Å². The third-order valence-corrected chi connectivity index (χ3v) is 3.97. The number of para-hydroxylation sites is 1. The zero-order valence-electron chi connectivity index (χ0n) is 11.5. The van der Waals surface area contributed by atoms with Gasteiger partial charge >= 0.3 is 0 Å². The summed E-state index contributed by atoms with van der Waals surface area (Å²) in [5.74, 6) is 0.506. The summed E-state index contributed by atoms with van der Waals surface area (Å²) in [6.07, 6.45) is 4.20. The van der Waals surface area contributed by atoms with Crippen LogP contribution < -0.4 is 5.32 Å². The van der Waals surface area contributed by atoms with Crippen molar-refractivity contribution < 1.29 is 9.21 Å². The Labute approximate surface area is 127 Å². The lowest BCUT2D eigenvalue weighted by atomic mass is 10.1. The molecule has 0 bridgehead atoms. The van der Waals surface area contributed by atoms with Crippen LogP contribution in [0.25, 0.3) is 6.08 Å². The maximum absolute atomic E-state index is 11.9. The molecule has 1 aliphatic heterocycles. The molecule has 0 aliphatic carbocycles. The normalized spacial score (nSPS) is 18.4. The number of hydrogen-bond donors (Lipinski definition) is 1. The number of nitrogens with zero attached hydrogens (tertiary/aromatic N) is 1. The van der Waals surface area contributed by atoms with Gasteiger partial charge in [-0.1, -0.05) is 25.1 Å². The van der Waals surface area contributed by atoms with Crippen molar-refractivity contribution >= 4 is 34.6 Å². The topological polar surface area (TPSA) is 54.6 Å². The number of carbonyl (C=O) groups is 1. The van der Waals surface area contributed by atoms with Gasteiger partial charge in [0, 0.05) is 6.08 Å². The number of benzene rings is 1. The Balaban J connectivity index is 1.86. The van der Waals surface area contributed by atoms with Crippen LogP contribution >= 0.6 is 11.8 Å². The lowest BCUT2D eigenvalue weighted by molar-refractivity contribution is -0.115. The minimum absolute atomic E-state index is 0.149. The van der Waals surface area contributed by atoms with Crippen molar-refractivity contribution in [2.45, 2.75) is 13.3 Å². The molecule has 1 N–H and O–H groups in total. The maximum atomic E-state index is 11.9. The Morgan fingerprint density at radius 2 is 2.14 bits per heavy atom. The number of rotatable bonds is 3. The van der Waals surface area contributed by atoms with Crippen molar-refractivity contribution in [3.8, 4) is 0 Å². The van der Waals surface area contributed by atoms with Crippen LogP contribution in [-0.4, -0.2) is 11.1 Å². The molecule has 3 rings (SSSR count). The Bertz CT molecular complexity index is 718. The summed E-state index contributed by atoms with van der Waals surface area (Å²) < 4.78 is 5.22. The zero-order chi connectivity index (χ0) is 14.7. The summed E-state index contributed by atoms with van der Waals surface area (Å²) in [6.45, 7) is 2.08. The van der Waals surface area contributed by atoms with Crippen LogP contribution in [0, 0.1) is 0 Å². The smallest absolute Gasteiger partial charge is 0.264 e. The second-order valence-electron chi connectivity index (χ2n) is 4.48. The summed E-state index contributed by atoms with van der Waals surface area (Å²) in [5.41, 5.74) is 2.05. The van der Waals surface area contributed by atoms with Crippen LogP contribution in [0.3, 0.4) is 0 Å². The Morgan fingerprint density at radius 3 is 2.90 bits per heavy atom. The van der Waals surface area contributed by atoms with E-state index < -0.39 is 0 Å². The molecule has 0 atom stereocenters. The van der Waals surface area contributed by atoms with Gasteiger partial charge in [-0.05, 0) is 41.9 Å². The highest BCUT2D eigenvalue weighted by Crippen LogP contribution is 2.29. The second-order valence-corrected chi connectivity index (χ2v) is 5.51. The van der Waals surface area contributed by atoms with Crippen molar-refractivity contribution in [3.05, 3.63) is 58.9 Å². The predicted octanol–water partition coefficient (Wildman–Crippen LogP) is 3.73. The van der Waals surface area contributed by atoms with Crippen molar-refractivity contribution in [1.29, 1.82) is 0 Å². The molecule has 2 heterocycles. The largest absolute Gasteiger partial charge is 0.465 e. The van der Waals surface area contributed by atoms with E-state index in [1.807, 2.05) is 30.3 Å². The van der Waals surface area contributed by atoms with Crippen LogP contribution in [-0.2, 0) is 11.2 Å². The maximum Gasteiger partial charge on any atom is 0.264 e. The monoisotopic (exact) mass is 298 g/mol. The molecule has 0 unspecified atom stereocenters. The average Bonchev–Trinajstić information content (AvgIpc) is 3.11. The van der Waals surface area contributed by atoms with Crippen LogP contribution in [0.2, 0.25) is 0 Å². The third-order valence-electron chi connectivity index (χ3n) is 3.06. The van der Waals surface area contributed by atoms with Crippen LogP contribution in [0.15, 0.2) is 57.0 Å². The van der Waals surface area contributed by atoms with Gasteiger partial charge in [-0.2, -0.15) is 0 Å². The molecule has 106 valence electrons. The number of hydrogen-bond acceptors (Lipinski definition) is 4. The highest BCUT2D eigenvalue weighted by atomic mass is 32.2. The SMILES string of the molecule is CCc1ccccc1N=C1NC(=O)/C(=C\c2ccco2)S1. The van der Waals surface area contributed by atoms with E-state index in [9.17, 15) is 4.79 Å². The van der Waals surface area contributed by atoms with Crippen LogP contribution in [0.5, 0.6) is 0 Å². The summed E-state index contributed by atoms with van der Waals surface area (Å²) in [6, 6.07) is 11.5. The second kappa shape index (κ2) is 6.01. The number of nitrogens with one attached hydrogen (secondary N) is 1. The van der Waals surface area contributed by atoms with Gasteiger partial charge in [0.1, 0.15) is 5.76 Å². The van der Waals surface area contributed by atoms with Crippen LogP contribution in [0.4, 0.5) is 5.69 Å². The summed E-state index contributed by atoms with van der Waals surface area (Å²) in [5, 5.41) is 3.38. The minimum Gasteiger partial charge on any atom is -0.465 e. The fourth-order valence-electron chi connectivity index (χ4n) is 2.01. The van der Waals surface area contributed by atoms with Gasteiger partial charge in [0.05, 0.1) is 16.9 Å². The van der Waals surface area contributed by atoms with Gasteiger partial charge in [-0.25, -0.2) is 4.99 Å². The quantitative estimate of drug-likeness (QED) is 0.878. The molecule has 1 aromatic heterocycles. The average molecular weight is 298 g/mol. The molecule has 1 aromatic carbocycles. The third kappa shape index (κ3) is 3.08. The van der Waals surface area contributed by atoms with E-state index in [-0.39, 0.29) is 5.91 Å². The Hall–Kier alpha value is -2.27. The molecular formula is C16H14N2O2S. The molecule has 2 aromatic rings. The van der Waals surface area contributed by atoms with Gasteiger partial charge < -0.3 is 9.73 Å². The van der Waals surface area contributed by atoms with Gasteiger partial charge in [-0.15, -0.1) is 0 Å². The molecule has 1 saturated heterocycles. The number of aliphatic imine (C=N–C) groups is 1. The first kappa shape index (κ1) is 13.7. The van der Waals surface area contributed by atoms with Gasteiger partial charge in [0.25, 0.3) is 5.91 Å². The lowest BCUT2D eigenvalue weighted by Gasteiger charge is -2.02. The number of aryl methyl sites for hydroxylation is 1. The highest BCUT2D eigenvalue weighted by molar-refractivity contribution is 8.18. The van der Waals surface area contributed by atoms with Gasteiger partial charge in [-0.3, -0.25) is 4.79 Å². The molecule has 0 spiro atoms. The highest BCUT2D eigenvalue weighted by Gasteiger charge is 2.24. The van der Waals surface area contributed by atoms with Crippen molar-refractivity contribution in [2.75, 3.05) is 0 Å². The molecule has 21 heavy (non-hydrogen) atoms. The molecule has 1 fully saturated rings. The van der Waals surface area contributed by atoms with Crippen molar-refractivity contribution in [1.82, 2.24) is 5.32 Å². The molecule has 4 nitrogen and oxygen atoms in total. The number of furan rings is 1. The fourth-order valence-corrected chi connectivity index (χ4v) is 2.83. The van der Waals surface area contributed by atoms with E-state index in [4.69, 9.17) is 4.42 Å². The number of amides is 1. The molecule has 1 amide bonds. The molecule has 0 radical (unpaired) electrons. The first-order valence-corrected chi connectivity index (χ1v) is 7.49. The number of amidine groups is 1. The predicted molar refractivity (Wildman–Crippen MR) is 85.3 cm³/mol. The van der Waals surface area contributed by atoms with Gasteiger partial charge in [0.2, 0.25) is 0 Å². The number of carbonyl (C=O) groups excluding carboxylic acids is 1. The Morgan fingerprint density at radius 1 is 1.29 bits per heavy atom. The summed E-state index contributed by atoms with van der Waals surface area (Å²) in [7, 11) is 0. The first-order chi connectivity index (χ1) is 10.3. The minimum atomic E-state index is -0.149. The lowest BCUT2D eigenvalue weighted by Crippen LogP contribution is -2.19. The Kier molecular flexibility index (Phi) is 3.92. The fraction of sp³-hybridized carbons (Fsp3) is 0.125. The number of thioether (sulfide) groups is 1. The zero-order valence-corrected chi connectivity index (χ0v) is 12.3. The first-order valence-electron chi connectivity index (χ1n) is 6.67.